The van der Waals surface area contributed by atoms with E-state index in [0.29, 0.717) is 21.5 Å². The van der Waals surface area contributed by atoms with Crippen molar-refractivity contribution in [3.63, 3.8) is 0 Å². The zero-order valence-corrected chi connectivity index (χ0v) is 20.5. The van der Waals surface area contributed by atoms with Gasteiger partial charge in [0.15, 0.2) is 6.61 Å². The fourth-order valence-corrected chi connectivity index (χ4v) is 3.85. The van der Waals surface area contributed by atoms with Gasteiger partial charge in [-0.3, -0.25) is 4.79 Å². The van der Waals surface area contributed by atoms with Crippen molar-refractivity contribution in [3.8, 4) is 0 Å². The van der Waals surface area contributed by atoms with Crippen LogP contribution in [-0.2, 0) is 9.53 Å². The lowest BCUT2D eigenvalue weighted by molar-refractivity contribution is -0.119. The van der Waals surface area contributed by atoms with Gasteiger partial charge in [0.25, 0.3) is 5.91 Å². The van der Waals surface area contributed by atoms with E-state index in [2.05, 4.69) is 29.8 Å². The molecule has 3 N–H and O–H groups in total. The van der Waals surface area contributed by atoms with Crippen LogP contribution in [0.3, 0.4) is 0 Å². The van der Waals surface area contributed by atoms with Crippen LogP contribution in [0.1, 0.15) is 33.1 Å². The molecule has 6 nitrogen and oxygen atoms in total. The van der Waals surface area contributed by atoms with E-state index in [0.717, 1.165) is 48.7 Å². The highest BCUT2D eigenvalue weighted by atomic mass is 35.5. The molecule has 0 bridgehead atoms. The maximum Gasteiger partial charge on any atom is 0.262 e. The average Bonchev–Trinajstić information content (AvgIpc) is 2.93. The Labute approximate surface area is 204 Å². The number of fused-ring (bicyclic) bond motifs is 1. The largest absolute Gasteiger partial charge is 0.483 e. The molecule has 0 atom stereocenters. The molecule has 1 fully saturated rings. The SMILES string of the molecule is C=C(Cl)/C=C\C(OCC(=O)Nc1ccc2c(c1)=C(C)CC=C(N1CCC(N)CC1)N=2)=C(/C)Cl. The highest BCUT2D eigenvalue weighted by Crippen LogP contribution is 2.18. The molecule has 1 aromatic carbocycles. The van der Waals surface area contributed by atoms with Crippen molar-refractivity contribution in [2.75, 3.05) is 25.0 Å². The summed E-state index contributed by atoms with van der Waals surface area (Å²) in [5.74, 6) is 1.06. The Morgan fingerprint density at radius 1 is 1.33 bits per heavy atom. The van der Waals surface area contributed by atoms with Gasteiger partial charge in [-0.1, -0.05) is 35.4 Å². The second-order valence-electron chi connectivity index (χ2n) is 8.23. The number of hydrogen-bond acceptors (Lipinski definition) is 5. The number of anilines is 1. The van der Waals surface area contributed by atoms with Crippen LogP contribution in [0.4, 0.5) is 5.69 Å². The van der Waals surface area contributed by atoms with Crippen molar-refractivity contribution in [3.05, 3.63) is 75.2 Å². The van der Waals surface area contributed by atoms with Gasteiger partial charge in [-0.15, -0.1) is 0 Å². The van der Waals surface area contributed by atoms with Gasteiger partial charge in [-0.2, -0.15) is 0 Å². The summed E-state index contributed by atoms with van der Waals surface area (Å²) in [7, 11) is 0. The van der Waals surface area contributed by atoms with Crippen molar-refractivity contribution in [2.24, 2.45) is 10.7 Å². The second-order valence-corrected chi connectivity index (χ2v) is 9.28. The van der Waals surface area contributed by atoms with E-state index in [1.54, 1.807) is 19.1 Å². The van der Waals surface area contributed by atoms with E-state index in [1.807, 2.05) is 18.2 Å². The number of hydrogen-bond donors (Lipinski definition) is 2. The van der Waals surface area contributed by atoms with Crippen molar-refractivity contribution in [1.82, 2.24) is 4.90 Å². The molecule has 8 heteroatoms. The number of carbonyl (C=O) groups is 1. The molecule has 0 saturated carbocycles. The Morgan fingerprint density at radius 2 is 2.06 bits per heavy atom. The summed E-state index contributed by atoms with van der Waals surface area (Å²) in [6.45, 7) is 8.99. The number of rotatable bonds is 7. The fraction of sp³-hybridized carbons (Fsp3) is 0.360. The second kappa shape index (κ2) is 11.5. The van der Waals surface area contributed by atoms with Gasteiger partial charge in [0.1, 0.15) is 11.6 Å². The van der Waals surface area contributed by atoms with E-state index in [-0.39, 0.29) is 18.6 Å². The zero-order valence-electron chi connectivity index (χ0n) is 19.0. The van der Waals surface area contributed by atoms with E-state index in [4.69, 9.17) is 38.7 Å². The predicted octanol–water partition coefficient (Wildman–Crippen LogP) is 3.88. The van der Waals surface area contributed by atoms with Crippen LogP contribution in [0.2, 0.25) is 0 Å². The van der Waals surface area contributed by atoms with Gasteiger partial charge >= 0.3 is 0 Å². The van der Waals surface area contributed by atoms with Crippen LogP contribution in [0, 0.1) is 0 Å². The van der Waals surface area contributed by atoms with Crippen LogP contribution < -0.4 is 21.6 Å². The van der Waals surface area contributed by atoms with Crippen LogP contribution >= 0.6 is 23.2 Å². The third kappa shape index (κ3) is 7.22. The minimum absolute atomic E-state index is 0.189. The average molecular weight is 489 g/mol. The third-order valence-electron chi connectivity index (χ3n) is 5.54. The lowest BCUT2D eigenvalue weighted by atomic mass is 10.1. The summed E-state index contributed by atoms with van der Waals surface area (Å²) in [4.78, 5) is 19.7. The summed E-state index contributed by atoms with van der Waals surface area (Å²) < 4.78 is 5.53. The van der Waals surface area contributed by atoms with Crippen molar-refractivity contribution < 1.29 is 9.53 Å². The molecule has 176 valence electrons. The first-order chi connectivity index (χ1) is 15.7. The summed E-state index contributed by atoms with van der Waals surface area (Å²) in [5, 5.41) is 5.54. The van der Waals surface area contributed by atoms with Gasteiger partial charge in [0.2, 0.25) is 0 Å². The van der Waals surface area contributed by atoms with Gasteiger partial charge in [0.05, 0.1) is 10.4 Å². The molecule has 2 aliphatic heterocycles. The van der Waals surface area contributed by atoms with Crippen LogP contribution in [0.25, 0.3) is 5.57 Å². The van der Waals surface area contributed by atoms with Crippen LogP contribution in [0.15, 0.2) is 69.6 Å². The molecule has 0 aliphatic carbocycles. The van der Waals surface area contributed by atoms with Crippen molar-refractivity contribution in [1.29, 1.82) is 0 Å². The molecule has 33 heavy (non-hydrogen) atoms. The highest BCUT2D eigenvalue weighted by molar-refractivity contribution is 6.31. The molecule has 2 heterocycles. The van der Waals surface area contributed by atoms with E-state index in [1.165, 1.54) is 5.57 Å². The van der Waals surface area contributed by atoms with Gasteiger partial charge in [-0.25, -0.2) is 4.99 Å². The summed E-state index contributed by atoms with van der Waals surface area (Å²) in [6, 6.07) is 6.02. The fourth-order valence-electron chi connectivity index (χ4n) is 3.67. The minimum atomic E-state index is -0.296. The lowest BCUT2D eigenvalue weighted by Gasteiger charge is -2.31. The first-order valence-corrected chi connectivity index (χ1v) is 11.7. The van der Waals surface area contributed by atoms with E-state index < -0.39 is 0 Å². The number of likely N-dealkylation sites (tertiary alicyclic amines) is 1. The molecule has 1 aromatic rings. The maximum absolute atomic E-state index is 12.5. The Kier molecular flexibility index (Phi) is 8.78. The summed E-state index contributed by atoms with van der Waals surface area (Å²) in [5.41, 5.74) is 7.92. The number of benzene rings is 1. The molecule has 0 aromatic heterocycles. The maximum atomic E-state index is 12.5. The molecular formula is C25H30Cl2N4O2. The Balaban J connectivity index is 1.71. The van der Waals surface area contributed by atoms with Gasteiger partial charge in [-0.05, 0) is 69.5 Å². The Hall–Kier alpha value is -2.54. The number of nitrogens with one attached hydrogen (secondary N) is 1. The third-order valence-corrected chi connectivity index (χ3v) is 5.86. The monoisotopic (exact) mass is 488 g/mol. The van der Waals surface area contributed by atoms with E-state index >= 15 is 0 Å². The van der Waals surface area contributed by atoms with Crippen molar-refractivity contribution in [2.45, 2.75) is 39.2 Å². The Morgan fingerprint density at radius 3 is 2.73 bits per heavy atom. The van der Waals surface area contributed by atoms with E-state index in [9.17, 15) is 4.79 Å². The van der Waals surface area contributed by atoms with Crippen molar-refractivity contribution >= 4 is 40.4 Å². The van der Waals surface area contributed by atoms with Gasteiger partial charge < -0.3 is 20.7 Å². The molecule has 3 rings (SSSR count). The number of halogens is 2. The highest BCUT2D eigenvalue weighted by Gasteiger charge is 2.18. The number of allylic oxidation sites excluding steroid dienone is 5. The smallest absolute Gasteiger partial charge is 0.262 e. The molecule has 1 amide bonds. The number of nitrogens with zero attached hydrogens (tertiary/aromatic N) is 2. The standard InChI is InChI=1S/C25H30Cl2N4O2/c1-16-4-9-24(31-12-10-19(28)11-13-31)30-22-7-6-20(14-21(16)22)29-25(32)15-33-23(18(3)27)8-5-17(2)26/h5-9,14,19H,2,4,10-13,15,28H2,1,3H3,(H,29,32)/b8-5-,23-18-. The number of ether oxygens (including phenoxy) is 1. The first kappa shape index (κ1) is 25.1. The summed E-state index contributed by atoms with van der Waals surface area (Å²) in [6.07, 6.45) is 8.06. The summed E-state index contributed by atoms with van der Waals surface area (Å²) >= 11 is 11.8. The number of nitrogens with two attached hydrogens (primary N) is 1. The first-order valence-electron chi connectivity index (χ1n) is 10.9. The van der Waals surface area contributed by atoms with Crippen LogP contribution in [-0.4, -0.2) is 36.5 Å². The molecule has 0 radical (unpaired) electrons. The normalized spacial score (nSPS) is 17.5. The van der Waals surface area contributed by atoms with Crippen LogP contribution in [0.5, 0.6) is 0 Å². The number of carbonyl (C=O) groups excluding carboxylic acids is 1. The molecular weight excluding hydrogens is 459 g/mol. The number of piperidine rings is 1. The Bertz CT molecular complexity index is 1130. The molecule has 2 aliphatic rings. The molecule has 1 saturated heterocycles. The topological polar surface area (TPSA) is 80.0 Å². The number of amides is 1. The molecule has 0 spiro atoms. The quantitative estimate of drug-likeness (QED) is 0.450. The van der Waals surface area contributed by atoms with Gasteiger partial charge in [0, 0.05) is 35.1 Å². The predicted molar refractivity (Wildman–Crippen MR) is 135 cm³/mol. The minimum Gasteiger partial charge on any atom is -0.483 e. The lowest BCUT2D eigenvalue weighted by Crippen LogP contribution is -2.39. The zero-order chi connectivity index (χ0) is 24.0. The molecule has 0 unspecified atom stereocenters.